The first-order valence-corrected chi connectivity index (χ1v) is 6.78. The molecule has 1 heterocycles. The van der Waals surface area contributed by atoms with E-state index in [0.717, 1.165) is 31.6 Å². The molecule has 20 heavy (non-hydrogen) atoms. The molecule has 1 aliphatic rings. The molecule has 4 heteroatoms. The lowest BCUT2D eigenvalue weighted by Crippen LogP contribution is -2.23. The van der Waals surface area contributed by atoms with Gasteiger partial charge in [0.05, 0.1) is 12.6 Å². The SMILES string of the molecule is [C-]#[N+]/C(C#N)=C\c1ccc(N2CCCCCC2)cc1F. The van der Waals surface area contributed by atoms with Crippen molar-refractivity contribution in [3.05, 3.63) is 46.7 Å². The summed E-state index contributed by atoms with van der Waals surface area (Å²) in [4.78, 5) is 5.24. The Labute approximate surface area is 118 Å². The molecule has 0 unspecified atom stereocenters. The summed E-state index contributed by atoms with van der Waals surface area (Å²) in [6, 6.07) is 6.74. The van der Waals surface area contributed by atoms with Gasteiger partial charge in [0.25, 0.3) is 5.70 Å². The maximum absolute atomic E-state index is 14.1. The number of hydrogen-bond acceptors (Lipinski definition) is 2. The lowest BCUT2D eigenvalue weighted by Gasteiger charge is -2.22. The van der Waals surface area contributed by atoms with E-state index in [1.54, 1.807) is 12.1 Å². The van der Waals surface area contributed by atoms with Crippen LogP contribution in [0.1, 0.15) is 31.2 Å². The van der Waals surface area contributed by atoms with Crippen LogP contribution in [-0.4, -0.2) is 13.1 Å². The van der Waals surface area contributed by atoms with Gasteiger partial charge in [-0.15, -0.1) is 0 Å². The summed E-state index contributed by atoms with van der Waals surface area (Å²) >= 11 is 0. The smallest absolute Gasteiger partial charge is 0.262 e. The number of allylic oxidation sites excluding steroid dienone is 1. The monoisotopic (exact) mass is 269 g/mol. The molecule has 1 aromatic carbocycles. The minimum atomic E-state index is -0.386. The standard InChI is InChI=1S/C16H16FN3/c1-19-14(12-18)10-13-6-7-15(11-16(13)17)20-8-4-2-3-5-9-20/h6-7,10-11H,2-5,8-9H2/b14-10-. The predicted molar refractivity (Wildman–Crippen MR) is 77.3 cm³/mol. The number of hydrogen-bond donors (Lipinski definition) is 0. The summed E-state index contributed by atoms with van der Waals surface area (Å²) in [6.07, 6.45) is 6.03. The van der Waals surface area contributed by atoms with Crippen molar-refractivity contribution in [2.75, 3.05) is 18.0 Å². The van der Waals surface area contributed by atoms with E-state index in [2.05, 4.69) is 9.74 Å². The third kappa shape index (κ3) is 3.36. The van der Waals surface area contributed by atoms with Crippen LogP contribution in [0.15, 0.2) is 23.9 Å². The van der Waals surface area contributed by atoms with Crippen LogP contribution >= 0.6 is 0 Å². The molecule has 0 radical (unpaired) electrons. The van der Waals surface area contributed by atoms with Gasteiger partial charge in [-0.1, -0.05) is 18.9 Å². The fraction of sp³-hybridized carbons (Fsp3) is 0.375. The highest BCUT2D eigenvalue weighted by atomic mass is 19.1. The molecule has 0 aromatic heterocycles. The first kappa shape index (κ1) is 14.1. The third-order valence-corrected chi connectivity index (χ3v) is 3.48. The normalized spacial score (nSPS) is 16.1. The van der Waals surface area contributed by atoms with Crippen LogP contribution in [0.5, 0.6) is 0 Å². The first-order valence-electron chi connectivity index (χ1n) is 6.78. The highest BCUT2D eigenvalue weighted by Crippen LogP contribution is 2.23. The van der Waals surface area contributed by atoms with Gasteiger partial charge in [0.2, 0.25) is 0 Å². The van der Waals surface area contributed by atoms with Gasteiger partial charge in [-0.2, -0.15) is 0 Å². The van der Waals surface area contributed by atoms with E-state index >= 15 is 0 Å². The Balaban J connectivity index is 2.24. The zero-order valence-electron chi connectivity index (χ0n) is 11.3. The Morgan fingerprint density at radius 3 is 2.55 bits per heavy atom. The summed E-state index contributed by atoms with van der Waals surface area (Å²) in [7, 11) is 0. The van der Waals surface area contributed by atoms with Crippen molar-refractivity contribution >= 4 is 11.8 Å². The molecule has 102 valence electrons. The maximum Gasteiger partial charge on any atom is 0.262 e. The molecule has 3 nitrogen and oxygen atoms in total. The molecule has 0 amide bonds. The maximum atomic E-state index is 14.1. The fourth-order valence-electron chi connectivity index (χ4n) is 2.40. The van der Waals surface area contributed by atoms with Crippen LogP contribution in [-0.2, 0) is 0 Å². The Morgan fingerprint density at radius 1 is 1.30 bits per heavy atom. The molecule has 1 fully saturated rings. The average Bonchev–Trinajstić information content (AvgIpc) is 2.75. The van der Waals surface area contributed by atoms with Crippen LogP contribution in [0.25, 0.3) is 10.9 Å². The number of halogens is 1. The molecule has 1 saturated heterocycles. The molecule has 2 rings (SSSR count). The highest BCUT2D eigenvalue weighted by molar-refractivity contribution is 5.62. The zero-order valence-corrected chi connectivity index (χ0v) is 11.3. The summed E-state index contributed by atoms with van der Waals surface area (Å²) in [6.45, 7) is 8.73. The van der Waals surface area contributed by atoms with Crippen molar-refractivity contribution in [3.63, 3.8) is 0 Å². The Bertz CT molecular complexity index is 569. The van der Waals surface area contributed by atoms with Gasteiger partial charge >= 0.3 is 0 Å². The van der Waals surface area contributed by atoms with Gasteiger partial charge in [0.15, 0.2) is 0 Å². The minimum Gasteiger partial charge on any atom is -0.371 e. The number of benzene rings is 1. The highest BCUT2D eigenvalue weighted by Gasteiger charge is 2.11. The van der Waals surface area contributed by atoms with Crippen LogP contribution < -0.4 is 4.90 Å². The Kier molecular flexibility index (Phi) is 4.74. The first-order chi connectivity index (χ1) is 9.74. The van der Waals surface area contributed by atoms with Crippen molar-refractivity contribution in [1.29, 1.82) is 5.26 Å². The second kappa shape index (κ2) is 6.73. The fourth-order valence-corrected chi connectivity index (χ4v) is 2.40. The lowest BCUT2D eigenvalue weighted by atomic mass is 10.1. The van der Waals surface area contributed by atoms with Crippen LogP contribution in [0.3, 0.4) is 0 Å². The largest absolute Gasteiger partial charge is 0.371 e. The van der Waals surface area contributed by atoms with E-state index in [1.165, 1.54) is 25.0 Å². The molecule has 1 aromatic rings. The van der Waals surface area contributed by atoms with Crippen molar-refractivity contribution < 1.29 is 4.39 Å². The molecule has 0 spiro atoms. The molecule has 0 saturated carbocycles. The number of nitriles is 1. The molecular formula is C16H16FN3. The number of rotatable bonds is 2. The van der Waals surface area contributed by atoms with Gasteiger partial charge in [0, 0.05) is 24.3 Å². The number of nitrogens with zero attached hydrogens (tertiary/aromatic N) is 3. The van der Waals surface area contributed by atoms with Crippen molar-refractivity contribution in [2.45, 2.75) is 25.7 Å². The molecule has 0 atom stereocenters. The van der Waals surface area contributed by atoms with Gasteiger partial charge < -0.3 is 4.90 Å². The third-order valence-electron chi connectivity index (χ3n) is 3.48. The van der Waals surface area contributed by atoms with Gasteiger partial charge in [-0.3, -0.25) is 0 Å². The van der Waals surface area contributed by atoms with Gasteiger partial charge in [0.1, 0.15) is 5.82 Å². The van der Waals surface area contributed by atoms with E-state index in [4.69, 9.17) is 11.8 Å². The molecule has 0 bridgehead atoms. The second-order valence-electron chi connectivity index (χ2n) is 4.86. The van der Waals surface area contributed by atoms with Crippen molar-refractivity contribution in [3.8, 4) is 6.07 Å². The van der Waals surface area contributed by atoms with E-state index < -0.39 is 0 Å². The predicted octanol–water partition coefficient (Wildman–Crippen LogP) is 3.99. The Morgan fingerprint density at radius 2 is 2.00 bits per heavy atom. The Hall–Kier alpha value is -2.33. The summed E-state index contributed by atoms with van der Waals surface area (Å²) in [5, 5.41) is 8.71. The van der Waals surface area contributed by atoms with Gasteiger partial charge in [-0.05, 0) is 31.1 Å². The zero-order chi connectivity index (χ0) is 14.4. The van der Waals surface area contributed by atoms with E-state index in [1.807, 2.05) is 6.07 Å². The molecule has 0 aliphatic carbocycles. The van der Waals surface area contributed by atoms with Crippen molar-refractivity contribution in [2.24, 2.45) is 0 Å². The quantitative estimate of drug-likeness (QED) is 0.600. The topological polar surface area (TPSA) is 31.4 Å². The summed E-state index contributed by atoms with van der Waals surface area (Å²) in [5.41, 5.74) is 1.06. The van der Waals surface area contributed by atoms with Crippen LogP contribution in [0, 0.1) is 23.7 Å². The number of anilines is 1. The summed E-state index contributed by atoms with van der Waals surface area (Å²) in [5.74, 6) is -0.386. The van der Waals surface area contributed by atoms with E-state index in [-0.39, 0.29) is 17.1 Å². The lowest BCUT2D eigenvalue weighted by molar-refractivity contribution is 0.623. The van der Waals surface area contributed by atoms with Gasteiger partial charge in [-0.25, -0.2) is 14.5 Å². The molecule has 0 N–H and O–H groups in total. The van der Waals surface area contributed by atoms with E-state index in [9.17, 15) is 4.39 Å². The second-order valence-corrected chi connectivity index (χ2v) is 4.86. The summed E-state index contributed by atoms with van der Waals surface area (Å²) < 4.78 is 14.1. The minimum absolute atomic E-state index is 0.105. The molecular weight excluding hydrogens is 253 g/mol. The molecule has 1 aliphatic heterocycles. The van der Waals surface area contributed by atoms with E-state index in [0.29, 0.717) is 0 Å². The van der Waals surface area contributed by atoms with Crippen molar-refractivity contribution in [1.82, 2.24) is 0 Å². The van der Waals surface area contributed by atoms with Crippen LogP contribution in [0.2, 0.25) is 0 Å². The van der Waals surface area contributed by atoms with Crippen LogP contribution in [0.4, 0.5) is 10.1 Å². The average molecular weight is 269 g/mol.